The first-order chi connectivity index (χ1) is 8.79. The molecule has 0 bridgehead atoms. The van der Waals surface area contributed by atoms with Crippen molar-refractivity contribution in [2.45, 2.75) is 53.6 Å². The number of rotatable bonds is 2. The molecule has 4 unspecified atom stereocenters. The molecule has 0 aromatic carbocycles. The van der Waals surface area contributed by atoms with Crippen molar-refractivity contribution in [2.24, 2.45) is 23.2 Å². The van der Waals surface area contributed by atoms with Crippen molar-refractivity contribution in [1.29, 1.82) is 0 Å². The van der Waals surface area contributed by atoms with Crippen LogP contribution in [0.5, 0.6) is 0 Å². The number of hydrogen-bond donors (Lipinski definition) is 1. The summed E-state index contributed by atoms with van der Waals surface area (Å²) in [4.78, 5) is 0. The molecule has 1 nitrogen and oxygen atoms in total. The monoisotopic (exact) mass is 260 g/mol. The Hall–Kier alpha value is -0.820. The van der Waals surface area contributed by atoms with Gasteiger partial charge in [0.1, 0.15) is 0 Å². The van der Waals surface area contributed by atoms with Gasteiger partial charge in [0.05, 0.1) is 6.10 Å². The molecule has 2 aliphatic rings. The Morgan fingerprint density at radius 2 is 1.95 bits per heavy atom. The number of allylic oxidation sites excluding steroid dienone is 3. The van der Waals surface area contributed by atoms with Crippen LogP contribution in [-0.4, -0.2) is 11.2 Å². The van der Waals surface area contributed by atoms with Crippen LogP contribution in [-0.2, 0) is 0 Å². The van der Waals surface area contributed by atoms with Crippen molar-refractivity contribution in [1.82, 2.24) is 0 Å². The maximum atomic E-state index is 10.2. The Labute approximate surface area is 118 Å². The molecule has 0 aliphatic heterocycles. The second-order valence-electron chi connectivity index (χ2n) is 7.55. The van der Waals surface area contributed by atoms with Crippen LogP contribution in [0.2, 0.25) is 0 Å². The summed E-state index contributed by atoms with van der Waals surface area (Å²) < 4.78 is 0. The van der Waals surface area contributed by atoms with E-state index in [1.807, 2.05) is 0 Å². The largest absolute Gasteiger partial charge is 0.388 e. The zero-order chi connectivity index (χ0) is 14.2. The molecule has 0 aromatic heterocycles. The van der Waals surface area contributed by atoms with Crippen LogP contribution in [0, 0.1) is 23.2 Å². The summed E-state index contributed by atoms with van der Waals surface area (Å²) in [6, 6.07) is 0. The van der Waals surface area contributed by atoms with Gasteiger partial charge in [0.2, 0.25) is 0 Å². The standard InChI is InChI=1S/C18H28O/c1-12-9-10-14-15(7-6-8-16(14)19)17(12)13(2)11-18(3,4)5/h6-7,9-10,12-13,16-17,19H,8,11H2,1-5H3. The van der Waals surface area contributed by atoms with Gasteiger partial charge in [-0.1, -0.05) is 58.9 Å². The number of aliphatic hydroxyl groups excluding tert-OH is 1. The Morgan fingerprint density at radius 3 is 2.58 bits per heavy atom. The van der Waals surface area contributed by atoms with Gasteiger partial charge in [-0.3, -0.25) is 0 Å². The first-order valence-electron chi connectivity index (χ1n) is 7.56. The van der Waals surface area contributed by atoms with Crippen LogP contribution in [0.3, 0.4) is 0 Å². The molecular weight excluding hydrogens is 232 g/mol. The van der Waals surface area contributed by atoms with Gasteiger partial charge in [0.25, 0.3) is 0 Å². The first-order valence-corrected chi connectivity index (χ1v) is 7.56. The lowest BCUT2D eigenvalue weighted by atomic mass is 9.67. The molecule has 0 radical (unpaired) electrons. The van der Waals surface area contributed by atoms with Gasteiger partial charge < -0.3 is 5.11 Å². The van der Waals surface area contributed by atoms with Crippen molar-refractivity contribution in [3.05, 3.63) is 35.5 Å². The van der Waals surface area contributed by atoms with Gasteiger partial charge in [-0.25, -0.2) is 0 Å². The molecule has 0 heterocycles. The van der Waals surface area contributed by atoms with E-state index in [1.165, 1.54) is 12.0 Å². The maximum absolute atomic E-state index is 10.2. The van der Waals surface area contributed by atoms with E-state index < -0.39 is 0 Å². The van der Waals surface area contributed by atoms with E-state index >= 15 is 0 Å². The SMILES string of the molecule is CC1C=CC2=C(C=CCC2O)C1C(C)CC(C)(C)C. The first kappa shape index (κ1) is 14.6. The van der Waals surface area contributed by atoms with Crippen molar-refractivity contribution in [3.63, 3.8) is 0 Å². The lowest BCUT2D eigenvalue weighted by Gasteiger charge is -2.38. The highest BCUT2D eigenvalue weighted by atomic mass is 16.3. The van der Waals surface area contributed by atoms with E-state index in [0.717, 1.165) is 12.0 Å². The maximum Gasteiger partial charge on any atom is 0.0827 e. The summed E-state index contributed by atoms with van der Waals surface area (Å²) >= 11 is 0. The van der Waals surface area contributed by atoms with E-state index in [4.69, 9.17) is 0 Å². The van der Waals surface area contributed by atoms with Crippen LogP contribution in [0.1, 0.15) is 47.5 Å². The molecule has 0 fully saturated rings. The minimum absolute atomic E-state index is 0.298. The van der Waals surface area contributed by atoms with E-state index in [2.05, 4.69) is 58.9 Å². The minimum Gasteiger partial charge on any atom is -0.388 e. The Morgan fingerprint density at radius 1 is 1.26 bits per heavy atom. The fourth-order valence-corrected chi connectivity index (χ4v) is 3.83. The average Bonchev–Trinajstić information content (AvgIpc) is 2.26. The van der Waals surface area contributed by atoms with Crippen molar-refractivity contribution in [2.75, 3.05) is 0 Å². The van der Waals surface area contributed by atoms with E-state index in [9.17, 15) is 5.11 Å². The second kappa shape index (κ2) is 5.28. The van der Waals surface area contributed by atoms with Gasteiger partial charge in [-0.15, -0.1) is 0 Å². The van der Waals surface area contributed by atoms with E-state index in [0.29, 0.717) is 23.2 Å². The van der Waals surface area contributed by atoms with Crippen LogP contribution >= 0.6 is 0 Å². The van der Waals surface area contributed by atoms with Crippen molar-refractivity contribution in [3.8, 4) is 0 Å². The topological polar surface area (TPSA) is 20.2 Å². The Kier molecular flexibility index (Phi) is 4.06. The molecule has 1 N–H and O–H groups in total. The van der Waals surface area contributed by atoms with E-state index in [1.54, 1.807) is 0 Å². The normalized spacial score (nSPS) is 32.4. The lowest BCUT2D eigenvalue weighted by Crippen LogP contribution is -2.30. The highest BCUT2D eigenvalue weighted by Gasteiger charge is 2.33. The average molecular weight is 260 g/mol. The molecule has 19 heavy (non-hydrogen) atoms. The third-order valence-electron chi connectivity index (χ3n) is 4.40. The van der Waals surface area contributed by atoms with Gasteiger partial charge in [-0.2, -0.15) is 0 Å². The Bertz CT molecular complexity index is 419. The quantitative estimate of drug-likeness (QED) is 0.775. The third kappa shape index (κ3) is 3.20. The molecular formula is C18H28O. The molecule has 2 rings (SSSR count). The molecule has 106 valence electrons. The molecule has 0 spiro atoms. The summed E-state index contributed by atoms with van der Waals surface area (Å²) in [6.07, 6.45) is 10.5. The van der Waals surface area contributed by atoms with Gasteiger partial charge in [0.15, 0.2) is 0 Å². The van der Waals surface area contributed by atoms with Gasteiger partial charge in [-0.05, 0) is 47.2 Å². The fraction of sp³-hybridized carbons (Fsp3) is 0.667. The van der Waals surface area contributed by atoms with Crippen LogP contribution in [0.4, 0.5) is 0 Å². The summed E-state index contributed by atoms with van der Waals surface area (Å²) in [5.41, 5.74) is 2.90. The highest BCUT2D eigenvalue weighted by Crippen LogP contribution is 2.42. The predicted molar refractivity (Wildman–Crippen MR) is 81.8 cm³/mol. The predicted octanol–water partition coefficient (Wildman–Crippen LogP) is 4.50. The second-order valence-corrected chi connectivity index (χ2v) is 7.55. The summed E-state index contributed by atoms with van der Waals surface area (Å²) in [5, 5.41) is 10.2. The molecule has 4 atom stereocenters. The van der Waals surface area contributed by atoms with Crippen molar-refractivity contribution < 1.29 is 5.11 Å². The highest BCUT2D eigenvalue weighted by molar-refractivity contribution is 5.44. The minimum atomic E-state index is -0.298. The summed E-state index contributed by atoms with van der Waals surface area (Å²) in [5.74, 6) is 1.75. The molecule has 0 saturated heterocycles. The molecule has 0 saturated carbocycles. The van der Waals surface area contributed by atoms with Crippen LogP contribution in [0.25, 0.3) is 0 Å². The zero-order valence-electron chi connectivity index (χ0n) is 13.0. The third-order valence-corrected chi connectivity index (χ3v) is 4.40. The number of hydrogen-bond acceptors (Lipinski definition) is 1. The zero-order valence-corrected chi connectivity index (χ0v) is 13.0. The molecule has 0 amide bonds. The fourth-order valence-electron chi connectivity index (χ4n) is 3.83. The number of aliphatic hydroxyl groups is 1. The van der Waals surface area contributed by atoms with Crippen molar-refractivity contribution >= 4 is 0 Å². The molecule has 2 aliphatic carbocycles. The summed E-state index contributed by atoms with van der Waals surface area (Å²) in [6.45, 7) is 11.6. The molecule has 1 heteroatoms. The van der Waals surface area contributed by atoms with Gasteiger partial charge in [0, 0.05) is 0 Å². The molecule has 0 aromatic rings. The summed E-state index contributed by atoms with van der Waals surface area (Å²) in [7, 11) is 0. The van der Waals surface area contributed by atoms with Crippen LogP contribution in [0.15, 0.2) is 35.5 Å². The van der Waals surface area contributed by atoms with Crippen LogP contribution < -0.4 is 0 Å². The smallest absolute Gasteiger partial charge is 0.0827 e. The van der Waals surface area contributed by atoms with Gasteiger partial charge >= 0.3 is 0 Å². The van der Waals surface area contributed by atoms with E-state index in [-0.39, 0.29) is 6.10 Å². The lowest BCUT2D eigenvalue weighted by molar-refractivity contribution is 0.201. The Balaban J connectivity index is 2.28.